The van der Waals surface area contributed by atoms with Gasteiger partial charge in [-0.1, -0.05) is 0 Å². The molecule has 5 nitrogen and oxygen atoms in total. The molecule has 4 N–H and O–H groups in total. The summed E-state index contributed by atoms with van der Waals surface area (Å²) in [6.45, 7) is 1.08. The third-order valence-electron chi connectivity index (χ3n) is 1.63. The van der Waals surface area contributed by atoms with Gasteiger partial charge in [0.25, 0.3) is 0 Å². The molecule has 5 heteroatoms. The minimum Gasteiger partial charge on any atom is -0.358 e. The van der Waals surface area contributed by atoms with Crippen LogP contribution in [0.1, 0.15) is 11.3 Å². The Kier molecular flexibility index (Phi) is 3.28. The van der Waals surface area contributed by atoms with Crippen LogP contribution in [0.15, 0.2) is 6.20 Å². The highest BCUT2D eigenvalue weighted by atomic mass is 16.1. The van der Waals surface area contributed by atoms with Crippen molar-refractivity contribution in [1.29, 1.82) is 0 Å². The van der Waals surface area contributed by atoms with Crippen LogP contribution in [0.5, 0.6) is 0 Å². The minimum absolute atomic E-state index is 0.455. The van der Waals surface area contributed by atoms with Crippen molar-refractivity contribution < 1.29 is 4.79 Å². The summed E-state index contributed by atoms with van der Waals surface area (Å²) >= 11 is 0. The van der Waals surface area contributed by atoms with Gasteiger partial charge in [-0.3, -0.25) is 9.89 Å². The lowest BCUT2D eigenvalue weighted by molar-refractivity contribution is -0.109. The van der Waals surface area contributed by atoms with E-state index in [9.17, 15) is 4.79 Å². The number of rotatable bonds is 5. The predicted molar refractivity (Wildman–Crippen MR) is 44.2 cm³/mol. The molecule has 0 saturated carbocycles. The second-order valence-corrected chi connectivity index (χ2v) is 2.40. The summed E-state index contributed by atoms with van der Waals surface area (Å²) in [7, 11) is 0. The third-order valence-corrected chi connectivity index (χ3v) is 1.63. The maximum atomic E-state index is 9.93. The second kappa shape index (κ2) is 4.50. The number of hydrogen-bond donors (Lipinski definition) is 3. The number of H-pyrrole nitrogens is 1. The molecule has 1 amide bonds. The van der Waals surface area contributed by atoms with Gasteiger partial charge in [0.2, 0.25) is 6.41 Å². The van der Waals surface area contributed by atoms with Gasteiger partial charge in [0, 0.05) is 13.1 Å². The molecule has 1 aromatic heterocycles. The van der Waals surface area contributed by atoms with Crippen molar-refractivity contribution in [2.24, 2.45) is 5.73 Å². The van der Waals surface area contributed by atoms with Crippen LogP contribution in [0.25, 0.3) is 0 Å². The van der Waals surface area contributed by atoms with Crippen molar-refractivity contribution >= 4 is 6.41 Å². The normalized spacial score (nSPS) is 9.75. The fraction of sp³-hybridized carbons (Fsp3) is 0.429. The third kappa shape index (κ3) is 2.06. The zero-order valence-electron chi connectivity index (χ0n) is 6.71. The van der Waals surface area contributed by atoms with Gasteiger partial charge in [-0.2, -0.15) is 5.10 Å². The van der Waals surface area contributed by atoms with Crippen molar-refractivity contribution in [1.82, 2.24) is 15.5 Å². The van der Waals surface area contributed by atoms with Crippen LogP contribution in [0.4, 0.5) is 0 Å². The van der Waals surface area contributed by atoms with E-state index in [4.69, 9.17) is 5.73 Å². The molecular weight excluding hydrogens is 156 g/mol. The van der Waals surface area contributed by atoms with E-state index in [0.29, 0.717) is 19.5 Å². The number of nitrogens with two attached hydrogens (primary N) is 1. The maximum Gasteiger partial charge on any atom is 0.207 e. The molecule has 0 spiro atoms. The molecule has 1 heterocycles. The zero-order chi connectivity index (χ0) is 8.81. The highest BCUT2D eigenvalue weighted by molar-refractivity contribution is 5.45. The van der Waals surface area contributed by atoms with Gasteiger partial charge in [-0.15, -0.1) is 0 Å². The Bertz CT molecular complexity index is 245. The molecular formula is C7H12N4O. The van der Waals surface area contributed by atoms with E-state index in [1.54, 1.807) is 6.20 Å². The van der Waals surface area contributed by atoms with Gasteiger partial charge in [0.15, 0.2) is 0 Å². The molecule has 66 valence electrons. The largest absolute Gasteiger partial charge is 0.358 e. The van der Waals surface area contributed by atoms with Gasteiger partial charge in [0.05, 0.1) is 11.9 Å². The van der Waals surface area contributed by atoms with Crippen LogP contribution < -0.4 is 11.1 Å². The quantitative estimate of drug-likeness (QED) is 0.396. The van der Waals surface area contributed by atoms with Gasteiger partial charge in [0.1, 0.15) is 0 Å². The standard InChI is InChI=1S/C7H12N4O/c8-3-7-6(4-10-11-7)1-2-9-5-12/h4-5H,1-3,8H2,(H,9,12)(H,10,11). The van der Waals surface area contributed by atoms with E-state index in [1.807, 2.05) is 0 Å². The molecule has 12 heavy (non-hydrogen) atoms. The lowest BCUT2D eigenvalue weighted by atomic mass is 10.2. The Hall–Kier alpha value is -1.36. The van der Waals surface area contributed by atoms with Crippen LogP contribution in [-0.4, -0.2) is 23.2 Å². The van der Waals surface area contributed by atoms with Gasteiger partial charge >= 0.3 is 0 Å². The molecule has 1 aromatic rings. The lowest BCUT2D eigenvalue weighted by Crippen LogP contribution is -2.15. The number of aromatic amines is 1. The Balaban J connectivity index is 2.44. The molecule has 0 saturated heterocycles. The molecule has 0 atom stereocenters. The summed E-state index contributed by atoms with van der Waals surface area (Å²) in [5.41, 5.74) is 7.43. The fourth-order valence-electron chi connectivity index (χ4n) is 0.996. The molecule has 0 aliphatic carbocycles. The average molecular weight is 168 g/mol. The van der Waals surface area contributed by atoms with Crippen molar-refractivity contribution in [3.63, 3.8) is 0 Å². The number of hydrogen-bond acceptors (Lipinski definition) is 3. The van der Waals surface area contributed by atoms with Crippen LogP contribution in [-0.2, 0) is 17.8 Å². The Morgan fingerprint density at radius 1 is 1.75 bits per heavy atom. The van der Waals surface area contributed by atoms with Gasteiger partial charge < -0.3 is 11.1 Å². The summed E-state index contributed by atoms with van der Waals surface area (Å²) in [6.07, 6.45) is 3.18. The Morgan fingerprint density at radius 2 is 2.58 bits per heavy atom. The van der Waals surface area contributed by atoms with Gasteiger partial charge in [-0.25, -0.2) is 0 Å². The summed E-state index contributed by atoms with van der Waals surface area (Å²) < 4.78 is 0. The highest BCUT2D eigenvalue weighted by Crippen LogP contribution is 2.02. The Labute approximate surface area is 70.3 Å². The van der Waals surface area contributed by atoms with E-state index in [-0.39, 0.29) is 0 Å². The van der Waals surface area contributed by atoms with Crippen LogP contribution >= 0.6 is 0 Å². The first-order chi connectivity index (χ1) is 5.88. The number of nitrogens with zero attached hydrogens (tertiary/aromatic N) is 1. The number of nitrogens with one attached hydrogen (secondary N) is 2. The van der Waals surface area contributed by atoms with Crippen molar-refractivity contribution in [2.45, 2.75) is 13.0 Å². The summed E-state index contributed by atoms with van der Waals surface area (Å²) in [4.78, 5) is 9.93. The lowest BCUT2D eigenvalue weighted by Gasteiger charge is -1.98. The van der Waals surface area contributed by atoms with E-state index >= 15 is 0 Å². The number of amides is 1. The zero-order valence-corrected chi connectivity index (χ0v) is 6.71. The van der Waals surface area contributed by atoms with Crippen LogP contribution in [0, 0.1) is 0 Å². The molecule has 0 bridgehead atoms. The van der Waals surface area contributed by atoms with E-state index in [0.717, 1.165) is 17.7 Å². The van der Waals surface area contributed by atoms with Gasteiger partial charge in [-0.05, 0) is 12.0 Å². The topological polar surface area (TPSA) is 83.8 Å². The first kappa shape index (κ1) is 8.73. The average Bonchev–Trinajstić information content (AvgIpc) is 2.52. The number of carbonyl (C=O) groups is 1. The molecule has 0 aliphatic rings. The van der Waals surface area contributed by atoms with E-state index < -0.39 is 0 Å². The monoisotopic (exact) mass is 168 g/mol. The minimum atomic E-state index is 0.455. The van der Waals surface area contributed by atoms with Crippen molar-refractivity contribution in [3.8, 4) is 0 Å². The number of carbonyl (C=O) groups excluding carboxylic acids is 1. The fourth-order valence-corrected chi connectivity index (χ4v) is 0.996. The second-order valence-electron chi connectivity index (χ2n) is 2.40. The van der Waals surface area contributed by atoms with Crippen molar-refractivity contribution in [3.05, 3.63) is 17.5 Å². The van der Waals surface area contributed by atoms with E-state index in [1.165, 1.54) is 0 Å². The molecule has 0 aliphatic heterocycles. The first-order valence-electron chi connectivity index (χ1n) is 3.76. The smallest absolute Gasteiger partial charge is 0.207 e. The molecule has 0 aromatic carbocycles. The van der Waals surface area contributed by atoms with Crippen molar-refractivity contribution in [2.75, 3.05) is 6.54 Å². The summed E-state index contributed by atoms with van der Waals surface area (Å²) in [6, 6.07) is 0. The summed E-state index contributed by atoms with van der Waals surface area (Å²) in [5, 5.41) is 9.22. The Morgan fingerprint density at radius 3 is 3.25 bits per heavy atom. The van der Waals surface area contributed by atoms with Crippen LogP contribution in [0.3, 0.4) is 0 Å². The first-order valence-corrected chi connectivity index (χ1v) is 3.76. The molecule has 0 fully saturated rings. The summed E-state index contributed by atoms with van der Waals surface area (Å²) in [5.74, 6) is 0. The number of aromatic nitrogens is 2. The van der Waals surface area contributed by atoms with Crippen LogP contribution in [0.2, 0.25) is 0 Å². The SMILES string of the molecule is NCc1[nH]ncc1CCNC=O. The maximum absolute atomic E-state index is 9.93. The van der Waals surface area contributed by atoms with E-state index in [2.05, 4.69) is 15.5 Å². The molecule has 0 radical (unpaired) electrons. The highest BCUT2D eigenvalue weighted by Gasteiger charge is 2.01. The molecule has 0 unspecified atom stereocenters. The molecule has 1 rings (SSSR count). The predicted octanol–water partition coefficient (Wildman–Crippen LogP) is -0.843.